The SMILES string of the molecule is COc1cc([C@@H]2c3cc4c(cc3[C@@H](O[C@@H]3O[C@@H]5CO[C@@H](C)O[C@H]5[C@H](OP(=O)(O)O[C@@H]5[C@@H](O)[C@H](O[C@@H]6c7cc8c(cc7[C@@H](c7cc(OC)c(O)c(OC)c7)[C@H]7C(=O)OC[C@@H]76)OCO8)O[C@@H]6CO[C@@H](C)O[C@@H]56)[C@H]3O)[C@H]3COC(=O)[C@H]23)OCO4)cc(OC)c1O. The van der Waals surface area contributed by atoms with Crippen LogP contribution in [0.1, 0.15) is 71.3 Å². The lowest BCUT2D eigenvalue weighted by molar-refractivity contribution is -0.367. The molecular formula is C58H63O28P. The molecule has 8 aliphatic heterocycles. The Morgan fingerprint density at radius 2 is 0.851 bits per heavy atom. The maximum absolute atomic E-state index is 15.0. The summed E-state index contributed by atoms with van der Waals surface area (Å²) in [6.45, 7) is 2.33. The van der Waals surface area contributed by atoms with E-state index in [2.05, 4.69) is 0 Å². The second kappa shape index (κ2) is 22.5. The number of ether oxygens (including phenoxy) is 18. The van der Waals surface area contributed by atoms with Crippen molar-refractivity contribution in [2.75, 3.05) is 68.5 Å². The minimum Gasteiger partial charge on any atom is -0.502 e. The topological polar surface area (TPSA) is 337 Å². The Morgan fingerprint density at radius 3 is 1.21 bits per heavy atom. The Kier molecular flexibility index (Phi) is 15.1. The Bertz CT molecular complexity index is 3130. The van der Waals surface area contributed by atoms with Crippen molar-refractivity contribution in [2.24, 2.45) is 23.7 Å². The number of benzene rings is 4. The van der Waals surface area contributed by atoms with Gasteiger partial charge < -0.3 is 111 Å². The fourth-order valence-electron chi connectivity index (χ4n) is 14.0. The number of fused-ring (bicyclic) bond motifs is 8. The minimum atomic E-state index is -5.56. The second-order valence-electron chi connectivity index (χ2n) is 22.6. The molecule has 0 amide bonds. The van der Waals surface area contributed by atoms with Gasteiger partial charge in [0, 0.05) is 23.7 Å². The molecule has 4 aromatic carbocycles. The van der Waals surface area contributed by atoms with E-state index in [9.17, 15) is 39.5 Å². The molecule has 87 heavy (non-hydrogen) atoms. The van der Waals surface area contributed by atoms with Crippen LogP contribution in [0, 0.1) is 23.7 Å². The molecule has 0 spiro atoms. The maximum atomic E-state index is 15.0. The number of carbonyl (C=O) groups is 2. The van der Waals surface area contributed by atoms with Gasteiger partial charge in [0.05, 0.1) is 78.9 Å². The molecule has 29 heteroatoms. The number of phosphoric ester groups is 1. The lowest BCUT2D eigenvalue weighted by atomic mass is 9.66. The van der Waals surface area contributed by atoms with Gasteiger partial charge in [-0.1, -0.05) is 0 Å². The fraction of sp³-hybridized carbons (Fsp3) is 0.552. The van der Waals surface area contributed by atoms with E-state index < -0.39 is 141 Å². The van der Waals surface area contributed by atoms with Gasteiger partial charge in [-0.25, -0.2) is 4.57 Å². The number of phosphoric acid groups is 1. The molecule has 14 rings (SSSR count). The average molecular weight is 1240 g/mol. The molecular weight excluding hydrogens is 1180 g/mol. The Hall–Kier alpha value is -6.47. The highest BCUT2D eigenvalue weighted by Gasteiger charge is 2.61. The van der Waals surface area contributed by atoms with Crippen molar-refractivity contribution in [3.63, 3.8) is 0 Å². The normalized spacial score (nSPS) is 36.6. The molecule has 20 atom stereocenters. The third kappa shape index (κ3) is 9.92. The average Bonchev–Trinajstić information content (AvgIpc) is 2.22. The van der Waals surface area contributed by atoms with Crippen molar-refractivity contribution < 1.29 is 134 Å². The highest BCUT2D eigenvalue weighted by Crippen LogP contribution is 2.60. The van der Waals surface area contributed by atoms with Crippen LogP contribution < -0.4 is 37.9 Å². The summed E-state index contributed by atoms with van der Waals surface area (Å²) in [6.07, 6.45) is -19.7. The second-order valence-corrected chi connectivity index (χ2v) is 24.0. The van der Waals surface area contributed by atoms with Crippen LogP contribution in [0.5, 0.6) is 57.5 Å². The summed E-state index contributed by atoms with van der Waals surface area (Å²) in [7, 11) is -0.0286. The molecule has 0 saturated carbocycles. The molecule has 8 heterocycles. The number of phenols is 2. The molecule has 4 aromatic rings. The molecule has 5 N–H and O–H groups in total. The van der Waals surface area contributed by atoms with E-state index in [0.717, 1.165) is 0 Å². The molecule has 2 aliphatic carbocycles. The van der Waals surface area contributed by atoms with E-state index in [1.54, 1.807) is 62.4 Å². The number of aliphatic hydroxyl groups is 2. The number of phenolic OH excluding ortho intramolecular Hbond substituents is 2. The van der Waals surface area contributed by atoms with E-state index >= 15 is 0 Å². The molecule has 10 aliphatic rings. The van der Waals surface area contributed by atoms with Crippen LogP contribution in [0.2, 0.25) is 0 Å². The van der Waals surface area contributed by atoms with E-state index in [-0.39, 0.29) is 74.5 Å². The van der Waals surface area contributed by atoms with Gasteiger partial charge in [0.15, 0.2) is 71.2 Å². The lowest BCUT2D eigenvalue weighted by Crippen LogP contribution is -2.64. The Morgan fingerprint density at radius 1 is 0.494 bits per heavy atom. The zero-order valence-corrected chi connectivity index (χ0v) is 48.4. The van der Waals surface area contributed by atoms with Crippen LogP contribution >= 0.6 is 7.82 Å². The van der Waals surface area contributed by atoms with E-state index in [0.29, 0.717) is 56.4 Å². The van der Waals surface area contributed by atoms with Crippen LogP contribution in [-0.2, 0) is 70.6 Å². The van der Waals surface area contributed by atoms with Crippen LogP contribution in [0.15, 0.2) is 48.5 Å². The number of aromatic hydroxyl groups is 2. The number of hydrogen-bond acceptors (Lipinski definition) is 27. The van der Waals surface area contributed by atoms with Gasteiger partial charge in [0.2, 0.25) is 25.1 Å². The zero-order chi connectivity index (χ0) is 60.5. The third-order valence-corrected chi connectivity index (χ3v) is 19.0. The van der Waals surface area contributed by atoms with Crippen molar-refractivity contribution >= 4 is 19.8 Å². The number of esters is 2. The molecule has 6 saturated heterocycles. The number of carbonyl (C=O) groups excluding carboxylic acids is 2. The Labute approximate surface area is 495 Å². The summed E-state index contributed by atoms with van der Waals surface area (Å²) in [5.41, 5.74) is 3.08. The quantitative estimate of drug-likeness (QED) is 0.0884. The van der Waals surface area contributed by atoms with E-state index in [1.807, 2.05) is 0 Å². The number of aliphatic hydroxyl groups excluding tert-OH is 2. The summed E-state index contributed by atoms with van der Waals surface area (Å²) in [5.74, 6) is -4.81. The molecule has 0 bridgehead atoms. The summed E-state index contributed by atoms with van der Waals surface area (Å²) >= 11 is 0. The van der Waals surface area contributed by atoms with Crippen molar-refractivity contribution in [3.8, 4) is 57.5 Å². The van der Waals surface area contributed by atoms with Gasteiger partial charge in [-0.15, -0.1) is 0 Å². The van der Waals surface area contributed by atoms with Crippen LogP contribution in [0.3, 0.4) is 0 Å². The summed E-state index contributed by atoms with van der Waals surface area (Å²) < 4.78 is 134. The van der Waals surface area contributed by atoms with Crippen molar-refractivity contribution in [2.45, 2.75) is 112 Å². The largest absolute Gasteiger partial charge is 0.502 e. The van der Waals surface area contributed by atoms with Crippen molar-refractivity contribution in [1.29, 1.82) is 0 Å². The predicted octanol–water partition coefficient (Wildman–Crippen LogP) is 3.84. The molecule has 0 unspecified atom stereocenters. The monoisotopic (exact) mass is 1240 g/mol. The Balaban J connectivity index is 0.770. The third-order valence-electron chi connectivity index (χ3n) is 17.9. The highest BCUT2D eigenvalue weighted by molar-refractivity contribution is 7.47. The first-order valence-corrected chi connectivity index (χ1v) is 29.8. The van der Waals surface area contributed by atoms with Gasteiger partial charge >= 0.3 is 19.8 Å². The van der Waals surface area contributed by atoms with Gasteiger partial charge in [-0.2, -0.15) is 0 Å². The number of cyclic esters (lactones) is 2. The summed E-state index contributed by atoms with van der Waals surface area (Å²) in [4.78, 5) is 40.2. The van der Waals surface area contributed by atoms with Crippen molar-refractivity contribution in [3.05, 3.63) is 81.9 Å². The molecule has 28 nitrogen and oxygen atoms in total. The molecule has 0 aromatic heterocycles. The van der Waals surface area contributed by atoms with Crippen LogP contribution in [0.25, 0.3) is 0 Å². The first-order valence-electron chi connectivity index (χ1n) is 28.3. The zero-order valence-electron chi connectivity index (χ0n) is 47.5. The number of rotatable bonds is 14. The minimum absolute atomic E-state index is 0.0834. The van der Waals surface area contributed by atoms with E-state index in [1.165, 1.54) is 28.4 Å². The number of methoxy groups -OCH3 is 4. The maximum Gasteiger partial charge on any atom is 0.473 e. The highest BCUT2D eigenvalue weighted by atomic mass is 31.2. The van der Waals surface area contributed by atoms with Crippen molar-refractivity contribution in [1.82, 2.24) is 0 Å². The van der Waals surface area contributed by atoms with Gasteiger partial charge in [-0.3, -0.25) is 18.6 Å². The molecule has 0 radical (unpaired) electrons. The van der Waals surface area contributed by atoms with Crippen LogP contribution in [0.4, 0.5) is 0 Å². The number of hydrogen-bond donors (Lipinski definition) is 5. The summed E-state index contributed by atoms with van der Waals surface area (Å²) in [5, 5.41) is 46.9. The first kappa shape index (κ1) is 58.2. The van der Waals surface area contributed by atoms with E-state index in [4.69, 9.17) is 94.3 Å². The van der Waals surface area contributed by atoms with Gasteiger partial charge in [0.25, 0.3) is 0 Å². The molecule has 468 valence electrons. The fourth-order valence-corrected chi connectivity index (χ4v) is 15.2. The summed E-state index contributed by atoms with van der Waals surface area (Å²) in [6, 6.07) is 13.2. The van der Waals surface area contributed by atoms with Gasteiger partial charge in [-0.05, 0) is 95.8 Å². The lowest BCUT2D eigenvalue weighted by Gasteiger charge is -2.50. The molecule has 6 fully saturated rings. The standard InChI is InChI=1S/C58H63O28P/c1-21-71-17-39-51(79-21)53(47(61)57(81-39)83-49-27-13-33-31(75-19-77-33)11-25(27)41(43-29(49)15-73-55(43)63)23-7-35(67-3)45(59)36(8-23)68-4)85-87(65,66)86-54-48(62)58(82-40-18-72-22(2)80-52(40)54)84-50-28-14-34-32(76-20-78-34)12-26(28)42(44-30(50)16-74-56(44)64)24-9-37(69-5)46(60)38(10-24)70-6/h7-14,21-22,29-30,39-44,47-54,57-62H,15-20H2,1-6H3,(H,65,66)/t21-,22-,29+,30+,39-,40-,41-,42-,43+,44+,47-,48-,49-,50-,51-,52-,53-,54-,57+,58+/m1/s1. The first-order chi connectivity index (χ1) is 41.9. The predicted molar refractivity (Wildman–Crippen MR) is 284 cm³/mol. The van der Waals surface area contributed by atoms with Crippen LogP contribution in [-0.4, -0.2) is 180 Å². The smallest absolute Gasteiger partial charge is 0.473 e. The van der Waals surface area contributed by atoms with Gasteiger partial charge in [0.1, 0.15) is 48.8 Å².